The first-order valence-corrected chi connectivity index (χ1v) is 7.30. The van der Waals surface area contributed by atoms with Crippen molar-refractivity contribution in [3.8, 4) is 0 Å². The van der Waals surface area contributed by atoms with E-state index in [0.717, 1.165) is 28.0 Å². The molecule has 0 radical (unpaired) electrons. The summed E-state index contributed by atoms with van der Waals surface area (Å²) < 4.78 is 0. The Kier molecular flexibility index (Phi) is 4.44. The smallest absolute Gasteiger partial charge is 0.0922 e. The fraction of sp³-hybridized carbons (Fsp3) is 0.231. The van der Waals surface area contributed by atoms with Crippen LogP contribution in [0.15, 0.2) is 35.6 Å². The maximum Gasteiger partial charge on any atom is 0.0922 e. The summed E-state index contributed by atoms with van der Waals surface area (Å²) in [7, 11) is 0. The first-order valence-electron chi connectivity index (χ1n) is 5.53. The molecule has 0 unspecified atom stereocenters. The number of hydrogen-bond donors (Lipinski definition) is 1. The minimum absolute atomic E-state index is 0.589. The second-order valence-electron chi connectivity index (χ2n) is 3.87. The highest BCUT2D eigenvalue weighted by atomic mass is 35.5. The van der Waals surface area contributed by atoms with Gasteiger partial charge in [-0.2, -0.15) is 11.8 Å². The fourth-order valence-corrected chi connectivity index (χ4v) is 2.32. The highest BCUT2D eigenvalue weighted by Gasteiger charge is 2.06. The van der Waals surface area contributed by atoms with E-state index in [0.29, 0.717) is 11.5 Å². The Balaban J connectivity index is 2.43. The maximum absolute atomic E-state index is 5.97. The summed E-state index contributed by atoms with van der Waals surface area (Å²) in [6.07, 6.45) is 5.87. The summed E-state index contributed by atoms with van der Waals surface area (Å²) in [6, 6.07) is 5.93. The average molecular weight is 280 g/mol. The van der Waals surface area contributed by atoms with Gasteiger partial charge in [0.2, 0.25) is 0 Å². The van der Waals surface area contributed by atoms with Crippen molar-refractivity contribution in [2.24, 2.45) is 5.73 Å². The number of allylic oxidation sites excluding steroid dienone is 1. The van der Waals surface area contributed by atoms with Crippen molar-refractivity contribution in [2.75, 3.05) is 6.26 Å². The number of nitrogens with two attached hydrogens (primary N) is 1. The van der Waals surface area contributed by atoms with E-state index in [4.69, 9.17) is 17.3 Å². The number of thioether (sulfide) groups is 1. The molecule has 18 heavy (non-hydrogen) atoms. The molecular weight excluding hydrogens is 266 g/mol. The minimum atomic E-state index is 0.589. The first kappa shape index (κ1) is 13.2. The van der Waals surface area contributed by atoms with Crippen LogP contribution in [0.5, 0.6) is 0 Å². The lowest BCUT2D eigenvalue weighted by molar-refractivity contribution is 1.14. The van der Waals surface area contributed by atoms with E-state index in [1.54, 1.807) is 11.8 Å². The molecule has 1 heterocycles. The Morgan fingerprint density at radius 3 is 3.06 bits per heavy atom. The van der Waals surface area contributed by atoms with E-state index in [9.17, 15) is 0 Å². The summed E-state index contributed by atoms with van der Waals surface area (Å²) in [4.78, 5) is 9.07. The topological polar surface area (TPSA) is 51.8 Å². The van der Waals surface area contributed by atoms with Crippen LogP contribution in [0.2, 0.25) is 0 Å². The quantitative estimate of drug-likeness (QED) is 0.934. The summed E-state index contributed by atoms with van der Waals surface area (Å²) in [5.74, 6) is 0.872. The zero-order valence-electron chi connectivity index (χ0n) is 10.1. The van der Waals surface area contributed by atoms with Gasteiger partial charge in [-0.05, 0) is 17.9 Å². The molecule has 5 heteroatoms. The van der Waals surface area contributed by atoms with Gasteiger partial charge in [0, 0.05) is 29.6 Å². The zero-order chi connectivity index (χ0) is 13.0. The molecule has 0 atom stereocenters. The van der Waals surface area contributed by atoms with Crippen LogP contribution < -0.4 is 5.73 Å². The van der Waals surface area contributed by atoms with Crippen LogP contribution in [0.1, 0.15) is 11.3 Å². The Bertz CT molecular complexity index is 583. The highest BCUT2D eigenvalue weighted by molar-refractivity contribution is 7.97. The number of aromatic nitrogens is 2. The Morgan fingerprint density at radius 1 is 1.50 bits per heavy atom. The molecule has 0 saturated carbocycles. The van der Waals surface area contributed by atoms with E-state index >= 15 is 0 Å². The number of benzene rings is 1. The summed E-state index contributed by atoms with van der Waals surface area (Å²) >= 11 is 7.70. The van der Waals surface area contributed by atoms with Gasteiger partial charge in [0.25, 0.3) is 0 Å². The molecule has 0 aliphatic heterocycles. The van der Waals surface area contributed by atoms with E-state index < -0.39 is 0 Å². The van der Waals surface area contributed by atoms with Gasteiger partial charge < -0.3 is 5.73 Å². The molecule has 0 spiro atoms. The predicted octanol–water partition coefficient (Wildman–Crippen LogP) is 3.07. The molecule has 94 valence electrons. The first-order chi connectivity index (χ1) is 8.74. The number of rotatable bonds is 4. The molecule has 0 saturated heterocycles. The van der Waals surface area contributed by atoms with Crippen molar-refractivity contribution in [2.45, 2.75) is 12.2 Å². The zero-order valence-corrected chi connectivity index (χ0v) is 11.6. The summed E-state index contributed by atoms with van der Waals surface area (Å²) in [6.45, 7) is 0. The van der Waals surface area contributed by atoms with Gasteiger partial charge in [0.05, 0.1) is 16.7 Å². The molecule has 0 amide bonds. The van der Waals surface area contributed by atoms with Crippen molar-refractivity contribution in [3.63, 3.8) is 0 Å². The second-order valence-corrected chi connectivity index (χ2v) is 5.22. The van der Waals surface area contributed by atoms with Crippen LogP contribution in [0.25, 0.3) is 11.0 Å². The van der Waals surface area contributed by atoms with Gasteiger partial charge in [-0.1, -0.05) is 23.7 Å². The lowest BCUT2D eigenvalue weighted by Gasteiger charge is -2.06. The highest BCUT2D eigenvalue weighted by Crippen LogP contribution is 2.20. The Hall–Kier alpha value is -1.26. The SMILES string of the molecule is CSCc1cnc2c(C/C(Cl)=C\N)cccc2n1. The molecule has 2 N–H and O–H groups in total. The normalized spacial score (nSPS) is 12.0. The van der Waals surface area contributed by atoms with E-state index in [-0.39, 0.29) is 0 Å². The van der Waals surface area contributed by atoms with Gasteiger partial charge in [-0.15, -0.1) is 0 Å². The third kappa shape index (κ3) is 2.94. The number of fused-ring (bicyclic) bond motifs is 1. The molecule has 0 fully saturated rings. The molecule has 1 aromatic heterocycles. The number of para-hydroxylation sites is 1. The van der Waals surface area contributed by atoms with Crippen molar-refractivity contribution < 1.29 is 0 Å². The maximum atomic E-state index is 5.97. The third-order valence-electron chi connectivity index (χ3n) is 2.54. The Morgan fingerprint density at radius 2 is 2.33 bits per heavy atom. The molecule has 0 bridgehead atoms. The fourth-order valence-electron chi connectivity index (χ4n) is 1.74. The van der Waals surface area contributed by atoms with Gasteiger partial charge in [-0.25, -0.2) is 4.98 Å². The second kappa shape index (κ2) is 6.07. The van der Waals surface area contributed by atoms with Crippen LogP contribution in [0.3, 0.4) is 0 Å². The average Bonchev–Trinajstić information content (AvgIpc) is 2.39. The standard InChI is InChI=1S/C13H14ClN3S/c1-18-8-11-7-16-13-9(5-10(14)6-15)3-2-4-12(13)17-11/h2-4,6-7H,5,8,15H2,1H3/b10-6+. The predicted molar refractivity (Wildman–Crippen MR) is 78.6 cm³/mol. The van der Waals surface area contributed by atoms with Crippen molar-refractivity contribution in [1.29, 1.82) is 0 Å². The number of halogens is 1. The molecule has 3 nitrogen and oxygen atoms in total. The molecule has 2 rings (SSSR count). The third-order valence-corrected chi connectivity index (χ3v) is 3.38. The monoisotopic (exact) mass is 279 g/mol. The van der Waals surface area contributed by atoms with E-state index in [1.807, 2.05) is 30.7 Å². The largest absolute Gasteiger partial charge is 0.404 e. The summed E-state index contributed by atoms with van der Waals surface area (Å²) in [5, 5.41) is 0.609. The lowest BCUT2D eigenvalue weighted by atomic mass is 10.1. The van der Waals surface area contributed by atoms with E-state index in [1.165, 1.54) is 6.20 Å². The van der Waals surface area contributed by atoms with Gasteiger partial charge in [0.15, 0.2) is 0 Å². The molecular formula is C13H14ClN3S. The number of hydrogen-bond acceptors (Lipinski definition) is 4. The van der Waals surface area contributed by atoms with Gasteiger partial charge >= 0.3 is 0 Å². The molecule has 0 aliphatic carbocycles. The summed E-state index contributed by atoms with van der Waals surface area (Å²) in [5.41, 5.74) is 9.23. The minimum Gasteiger partial charge on any atom is -0.404 e. The van der Waals surface area contributed by atoms with Crippen LogP contribution >= 0.6 is 23.4 Å². The number of nitrogens with zero attached hydrogens (tertiary/aromatic N) is 2. The van der Waals surface area contributed by atoms with Crippen molar-refractivity contribution in [3.05, 3.63) is 46.9 Å². The van der Waals surface area contributed by atoms with E-state index in [2.05, 4.69) is 9.97 Å². The van der Waals surface area contributed by atoms with Crippen molar-refractivity contribution >= 4 is 34.4 Å². The molecule has 2 aromatic rings. The Labute approximate surface area is 115 Å². The van der Waals surface area contributed by atoms with Crippen LogP contribution in [-0.2, 0) is 12.2 Å². The molecule has 1 aromatic carbocycles. The lowest BCUT2D eigenvalue weighted by Crippen LogP contribution is -1.96. The van der Waals surface area contributed by atoms with Crippen LogP contribution in [0, 0.1) is 0 Å². The molecule has 0 aliphatic rings. The van der Waals surface area contributed by atoms with Crippen molar-refractivity contribution in [1.82, 2.24) is 9.97 Å². The van der Waals surface area contributed by atoms with Gasteiger partial charge in [-0.3, -0.25) is 4.98 Å². The van der Waals surface area contributed by atoms with Gasteiger partial charge in [0.1, 0.15) is 0 Å². The van der Waals surface area contributed by atoms with Crippen LogP contribution in [-0.4, -0.2) is 16.2 Å². The van der Waals surface area contributed by atoms with Crippen LogP contribution in [0.4, 0.5) is 0 Å².